The summed E-state index contributed by atoms with van der Waals surface area (Å²) in [6, 6.07) is 46.6. The summed E-state index contributed by atoms with van der Waals surface area (Å²) in [7, 11) is 0. The van der Waals surface area contributed by atoms with Gasteiger partial charge in [-0.25, -0.2) is 14.6 Å². The Morgan fingerprint density at radius 1 is 0.419 bits per heavy atom. The number of nitrogens with one attached hydrogen (secondary N) is 2. The van der Waals surface area contributed by atoms with E-state index in [2.05, 4.69) is 10.6 Å². The number of ether oxygens (including phenoxy) is 1. The summed E-state index contributed by atoms with van der Waals surface area (Å²) in [4.78, 5) is 95.3. The van der Waals surface area contributed by atoms with Crippen molar-refractivity contribution in [1.82, 2.24) is 0 Å². The number of esters is 1. The highest BCUT2D eigenvalue weighted by molar-refractivity contribution is 6.35. The lowest BCUT2D eigenvalue weighted by Gasteiger charge is -2.30. The average molecular weight is 815 g/mol. The quantitative estimate of drug-likeness (QED) is 0.115. The minimum Gasteiger partial charge on any atom is -0.441 e. The predicted molar refractivity (Wildman–Crippen MR) is 229 cm³/mol. The molecule has 298 valence electrons. The van der Waals surface area contributed by atoms with Gasteiger partial charge >= 0.3 is 5.97 Å². The number of fused-ring (bicyclic) bond motifs is 3. The molecule has 3 aliphatic heterocycles. The highest BCUT2D eigenvalue weighted by atomic mass is 16.6. The standard InChI is InChI=1S/C50H30N4O8/c55-43(29-15-25-37-40(27-29)47(59)53(45(37)57)35-9-3-1-4-10-35)51-33-21-17-31(18-22-33)50(42-14-8-7-13-39(42)49(61)62-50)32-19-23-34(24-20-32)52-44(56)30-16-26-38-41(28-30)48(60)54(46(38)58)36-11-5-2-6-12-36/h1-28H,(H,51,55)(H,52,56). The molecule has 3 aliphatic rings. The van der Waals surface area contributed by atoms with E-state index in [9.17, 15) is 33.6 Å². The van der Waals surface area contributed by atoms with Crippen LogP contribution in [-0.4, -0.2) is 41.4 Å². The fourth-order valence-electron chi connectivity index (χ4n) is 8.18. The van der Waals surface area contributed by atoms with Crippen LogP contribution in [0.25, 0.3) is 0 Å². The van der Waals surface area contributed by atoms with Crippen molar-refractivity contribution in [2.75, 3.05) is 20.4 Å². The maximum atomic E-state index is 13.5. The third-order valence-electron chi connectivity index (χ3n) is 11.2. The van der Waals surface area contributed by atoms with Gasteiger partial charge in [0, 0.05) is 39.2 Å². The van der Waals surface area contributed by atoms with Crippen molar-refractivity contribution < 1.29 is 38.3 Å². The molecule has 0 saturated heterocycles. The molecule has 0 radical (unpaired) electrons. The maximum Gasteiger partial charge on any atom is 0.340 e. The van der Waals surface area contributed by atoms with Gasteiger partial charge in [0.05, 0.1) is 39.2 Å². The van der Waals surface area contributed by atoms with Gasteiger partial charge in [-0.3, -0.25) is 28.8 Å². The summed E-state index contributed by atoms with van der Waals surface area (Å²) in [5, 5.41) is 5.70. The Balaban J connectivity index is 0.889. The van der Waals surface area contributed by atoms with Crippen molar-refractivity contribution >= 4 is 64.2 Å². The number of nitrogens with zero attached hydrogens (tertiary/aromatic N) is 2. The molecule has 0 atom stereocenters. The SMILES string of the molecule is O=C(Nc1ccc(C2(c3ccc(NC(=O)c4ccc5c(c4)C(=O)N(c4ccccc4)C5=O)cc3)OC(=O)c3ccccc32)cc1)c1ccc2c(c1)C(=O)N(c1ccccc1)C2=O. The Labute approximate surface area is 353 Å². The molecule has 12 heteroatoms. The lowest BCUT2D eigenvalue weighted by Crippen LogP contribution is -2.29. The van der Waals surface area contributed by atoms with Crippen molar-refractivity contribution in [2.24, 2.45) is 0 Å². The van der Waals surface area contributed by atoms with Gasteiger partial charge < -0.3 is 15.4 Å². The molecular formula is C50H30N4O8. The highest BCUT2D eigenvalue weighted by Crippen LogP contribution is 2.47. The first-order chi connectivity index (χ1) is 30.1. The van der Waals surface area contributed by atoms with Crippen LogP contribution in [0.4, 0.5) is 22.7 Å². The Morgan fingerprint density at radius 2 is 0.823 bits per heavy atom. The molecule has 7 aromatic rings. The lowest BCUT2D eigenvalue weighted by molar-refractivity contribution is 0.0251. The van der Waals surface area contributed by atoms with Gasteiger partial charge in [0.2, 0.25) is 0 Å². The van der Waals surface area contributed by atoms with Gasteiger partial charge in [0.15, 0.2) is 5.60 Å². The summed E-state index contributed by atoms with van der Waals surface area (Å²) in [5.41, 5.74) is 3.48. The monoisotopic (exact) mass is 814 g/mol. The molecule has 0 fully saturated rings. The molecule has 10 rings (SSSR count). The molecule has 0 aliphatic carbocycles. The van der Waals surface area contributed by atoms with Crippen molar-refractivity contribution in [1.29, 1.82) is 0 Å². The zero-order chi connectivity index (χ0) is 42.7. The molecule has 3 heterocycles. The van der Waals surface area contributed by atoms with E-state index in [1.165, 1.54) is 36.4 Å². The lowest BCUT2D eigenvalue weighted by atomic mass is 9.80. The number of hydrogen-bond donors (Lipinski definition) is 2. The fourth-order valence-corrected chi connectivity index (χ4v) is 8.18. The van der Waals surface area contributed by atoms with Crippen LogP contribution in [-0.2, 0) is 10.3 Å². The first-order valence-electron chi connectivity index (χ1n) is 19.4. The van der Waals surface area contributed by atoms with Crippen LogP contribution < -0.4 is 20.4 Å². The minimum absolute atomic E-state index is 0.129. The third-order valence-corrected chi connectivity index (χ3v) is 11.2. The molecule has 0 spiro atoms. The number of cyclic esters (lactones) is 1. The Hall–Kier alpha value is -8.77. The summed E-state index contributed by atoms with van der Waals surface area (Å²) >= 11 is 0. The van der Waals surface area contributed by atoms with Crippen molar-refractivity contribution in [3.05, 3.63) is 225 Å². The first kappa shape index (κ1) is 37.5. The predicted octanol–water partition coefficient (Wildman–Crippen LogP) is 8.25. The zero-order valence-corrected chi connectivity index (χ0v) is 32.3. The number of carbonyl (C=O) groups excluding carboxylic acids is 7. The fraction of sp³-hybridized carbons (Fsp3) is 0.0200. The van der Waals surface area contributed by atoms with Crippen molar-refractivity contribution in [3.8, 4) is 0 Å². The van der Waals surface area contributed by atoms with E-state index in [1.54, 1.807) is 127 Å². The maximum absolute atomic E-state index is 13.5. The topological polar surface area (TPSA) is 159 Å². The summed E-state index contributed by atoms with van der Waals surface area (Å²) in [6.45, 7) is 0. The van der Waals surface area contributed by atoms with Crippen LogP contribution in [0.15, 0.2) is 170 Å². The van der Waals surface area contributed by atoms with Crippen molar-refractivity contribution in [2.45, 2.75) is 5.60 Å². The molecular weight excluding hydrogens is 785 g/mol. The summed E-state index contributed by atoms with van der Waals surface area (Å²) in [6.07, 6.45) is 0. The number of rotatable bonds is 8. The van der Waals surface area contributed by atoms with E-state index >= 15 is 0 Å². The number of carbonyl (C=O) groups is 7. The van der Waals surface area contributed by atoms with E-state index in [-0.39, 0.29) is 33.4 Å². The summed E-state index contributed by atoms with van der Waals surface area (Å²) in [5.74, 6) is -3.50. The smallest absolute Gasteiger partial charge is 0.340 e. The molecule has 7 aromatic carbocycles. The van der Waals surface area contributed by atoms with Crippen LogP contribution >= 0.6 is 0 Å². The van der Waals surface area contributed by atoms with Crippen LogP contribution in [0.1, 0.15) is 89.2 Å². The second-order valence-corrected chi connectivity index (χ2v) is 14.8. The van der Waals surface area contributed by atoms with Crippen LogP contribution in [0.5, 0.6) is 0 Å². The largest absolute Gasteiger partial charge is 0.441 e. The van der Waals surface area contributed by atoms with Crippen molar-refractivity contribution in [3.63, 3.8) is 0 Å². The molecule has 0 bridgehead atoms. The van der Waals surface area contributed by atoms with Gasteiger partial charge in [-0.05, 0) is 91.0 Å². The molecule has 6 amide bonds. The number of hydrogen-bond acceptors (Lipinski definition) is 8. The first-order valence-corrected chi connectivity index (χ1v) is 19.4. The molecule has 0 saturated carbocycles. The number of imide groups is 2. The van der Waals surface area contributed by atoms with Crippen LogP contribution in [0.2, 0.25) is 0 Å². The van der Waals surface area contributed by atoms with Gasteiger partial charge in [-0.15, -0.1) is 0 Å². The van der Waals surface area contributed by atoms with E-state index in [0.717, 1.165) is 9.80 Å². The minimum atomic E-state index is -1.40. The Kier molecular flexibility index (Phi) is 8.77. The zero-order valence-electron chi connectivity index (χ0n) is 32.3. The van der Waals surface area contributed by atoms with Gasteiger partial charge in [-0.1, -0.05) is 78.9 Å². The van der Waals surface area contributed by atoms with Gasteiger partial charge in [0.1, 0.15) is 0 Å². The molecule has 12 nitrogen and oxygen atoms in total. The number of benzene rings is 7. The van der Waals surface area contributed by atoms with E-state index in [0.29, 0.717) is 45.0 Å². The molecule has 2 N–H and O–H groups in total. The molecule has 62 heavy (non-hydrogen) atoms. The number of amides is 6. The van der Waals surface area contributed by atoms with E-state index in [4.69, 9.17) is 4.74 Å². The summed E-state index contributed by atoms with van der Waals surface area (Å²) < 4.78 is 6.24. The number of anilines is 4. The molecule has 0 aromatic heterocycles. The Morgan fingerprint density at radius 3 is 1.27 bits per heavy atom. The van der Waals surface area contributed by atoms with Crippen LogP contribution in [0, 0.1) is 0 Å². The second-order valence-electron chi connectivity index (χ2n) is 14.8. The number of para-hydroxylation sites is 2. The van der Waals surface area contributed by atoms with Gasteiger partial charge in [0.25, 0.3) is 35.4 Å². The van der Waals surface area contributed by atoms with E-state index < -0.39 is 47.0 Å². The van der Waals surface area contributed by atoms with Gasteiger partial charge in [-0.2, -0.15) is 0 Å². The highest BCUT2D eigenvalue weighted by Gasteiger charge is 2.48. The van der Waals surface area contributed by atoms with Crippen LogP contribution in [0.3, 0.4) is 0 Å². The molecule has 0 unspecified atom stereocenters. The average Bonchev–Trinajstić information content (AvgIpc) is 3.86. The second kappa shape index (κ2) is 14.5. The third kappa shape index (κ3) is 5.96. The van der Waals surface area contributed by atoms with E-state index in [1.807, 2.05) is 6.07 Å². The normalized spacial score (nSPS) is 14.6. The Bertz CT molecular complexity index is 2900.